The van der Waals surface area contributed by atoms with Gasteiger partial charge in [0.1, 0.15) is 0 Å². The van der Waals surface area contributed by atoms with Gasteiger partial charge in [-0.3, -0.25) is 4.98 Å². The van der Waals surface area contributed by atoms with Gasteiger partial charge in [-0.05, 0) is 42.8 Å². The first-order valence-corrected chi connectivity index (χ1v) is 6.74. The van der Waals surface area contributed by atoms with E-state index in [1.807, 2.05) is 19.1 Å². The molecular weight excluding hydrogens is 297 g/mol. The lowest BCUT2D eigenvalue weighted by Gasteiger charge is -2.15. The molecule has 0 spiro atoms. The molecule has 0 aliphatic carbocycles. The lowest BCUT2D eigenvalue weighted by Crippen LogP contribution is -2.31. The molecule has 0 radical (unpaired) electrons. The van der Waals surface area contributed by atoms with Crippen LogP contribution in [-0.2, 0) is 0 Å². The first-order valence-electron chi connectivity index (χ1n) is 5.99. The molecule has 0 aliphatic rings. The van der Waals surface area contributed by atoms with Gasteiger partial charge in [0.05, 0.1) is 16.1 Å². The van der Waals surface area contributed by atoms with E-state index in [4.69, 9.17) is 23.2 Å². The van der Waals surface area contributed by atoms with E-state index in [0.717, 1.165) is 5.56 Å². The standard InChI is InChI=1S/C14H13Cl2N3O/c1-9(10-4-6-17-7-5-10)18-14(20)19-11-2-3-12(15)13(16)8-11/h2-9H,1H3,(H2,18,19,20)/t9-/m0/s1. The summed E-state index contributed by atoms with van der Waals surface area (Å²) in [4.78, 5) is 15.8. The van der Waals surface area contributed by atoms with Crippen LogP contribution in [0.5, 0.6) is 0 Å². The van der Waals surface area contributed by atoms with Crippen molar-refractivity contribution in [2.24, 2.45) is 0 Å². The van der Waals surface area contributed by atoms with Crippen LogP contribution in [0.15, 0.2) is 42.7 Å². The molecule has 2 N–H and O–H groups in total. The number of benzene rings is 1. The Kier molecular flexibility index (Phi) is 4.82. The molecule has 0 aliphatic heterocycles. The van der Waals surface area contributed by atoms with Gasteiger partial charge in [0.25, 0.3) is 0 Å². The van der Waals surface area contributed by atoms with Gasteiger partial charge < -0.3 is 10.6 Å². The first-order chi connectivity index (χ1) is 9.56. The minimum atomic E-state index is -0.312. The quantitative estimate of drug-likeness (QED) is 0.889. The van der Waals surface area contributed by atoms with Crippen LogP contribution in [0.3, 0.4) is 0 Å². The highest BCUT2D eigenvalue weighted by Gasteiger charge is 2.09. The maximum atomic E-state index is 11.9. The summed E-state index contributed by atoms with van der Waals surface area (Å²) in [7, 11) is 0. The topological polar surface area (TPSA) is 54.0 Å². The van der Waals surface area contributed by atoms with E-state index in [2.05, 4.69) is 15.6 Å². The summed E-state index contributed by atoms with van der Waals surface area (Å²) < 4.78 is 0. The minimum Gasteiger partial charge on any atom is -0.331 e. The van der Waals surface area contributed by atoms with Gasteiger partial charge in [0, 0.05) is 18.1 Å². The van der Waals surface area contributed by atoms with Crippen molar-refractivity contribution < 1.29 is 4.79 Å². The molecule has 2 amide bonds. The van der Waals surface area contributed by atoms with E-state index in [1.54, 1.807) is 30.6 Å². The molecule has 6 heteroatoms. The number of carbonyl (C=O) groups is 1. The predicted molar refractivity (Wildman–Crippen MR) is 81.3 cm³/mol. The van der Waals surface area contributed by atoms with Crippen LogP contribution in [-0.4, -0.2) is 11.0 Å². The third kappa shape index (κ3) is 3.85. The van der Waals surface area contributed by atoms with Crippen LogP contribution in [0.25, 0.3) is 0 Å². The molecule has 104 valence electrons. The fourth-order valence-electron chi connectivity index (χ4n) is 1.67. The number of nitrogens with zero attached hydrogens (tertiary/aromatic N) is 1. The van der Waals surface area contributed by atoms with Crippen LogP contribution in [0.4, 0.5) is 10.5 Å². The molecule has 2 rings (SSSR count). The van der Waals surface area contributed by atoms with E-state index in [0.29, 0.717) is 15.7 Å². The maximum absolute atomic E-state index is 11.9. The summed E-state index contributed by atoms with van der Waals surface area (Å²) in [6.07, 6.45) is 3.37. The molecule has 0 bridgehead atoms. The normalized spacial score (nSPS) is 11.8. The molecule has 4 nitrogen and oxygen atoms in total. The van der Waals surface area contributed by atoms with Gasteiger partial charge in [0.15, 0.2) is 0 Å². The van der Waals surface area contributed by atoms with E-state index in [-0.39, 0.29) is 12.1 Å². The average Bonchev–Trinajstić information content (AvgIpc) is 2.44. The molecule has 1 aromatic carbocycles. The van der Waals surface area contributed by atoms with Gasteiger partial charge in [-0.1, -0.05) is 23.2 Å². The fraction of sp³-hybridized carbons (Fsp3) is 0.143. The van der Waals surface area contributed by atoms with Gasteiger partial charge in [-0.15, -0.1) is 0 Å². The van der Waals surface area contributed by atoms with E-state index in [1.165, 1.54) is 0 Å². The molecule has 0 saturated carbocycles. The highest BCUT2D eigenvalue weighted by atomic mass is 35.5. The molecule has 0 unspecified atom stereocenters. The van der Waals surface area contributed by atoms with Crippen LogP contribution in [0.1, 0.15) is 18.5 Å². The van der Waals surface area contributed by atoms with Crippen LogP contribution in [0.2, 0.25) is 10.0 Å². The second kappa shape index (κ2) is 6.59. The SMILES string of the molecule is C[C@H](NC(=O)Nc1ccc(Cl)c(Cl)c1)c1ccncc1. The number of aromatic nitrogens is 1. The van der Waals surface area contributed by atoms with Crippen LogP contribution < -0.4 is 10.6 Å². The van der Waals surface area contributed by atoms with Gasteiger partial charge in [-0.25, -0.2) is 4.79 Å². The van der Waals surface area contributed by atoms with Gasteiger partial charge in [0.2, 0.25) is 0 Å². The van der Waals surface area contributed by atoms with Crippen LogP contribution >= 0.6 is 23.2 Å². The predicted octanol–water partition coefficient (Wildman–Crippen LogP) is 4.27. The Hall–Kier alpha value is -1.78. The van der Waals surface area contributed by atoms with E-state index < -0.39 is 0 Å². The minimum absolute atomic E-state index is 0.124. The first kappa shape index (κ1) is 14.6. The highest BCUT2D eigenvalue weighted by Crippen LogP contribution is 2.25. The Labute approximate surface area is 127 Å². The summed E-state index contributed by atoms with van der Waals surface area (Å²) >= 11 is 11.7. The van der Waals surface area contributed by atoms with Crippen molar-refractivity contribution in [2.45, 2.75) is 13.0 Å². The molecule has 1 heterocycles. The Morgan fingerprint density at radius 2 is 1.85 bits per heavy atom. The number of urea groups is 1. The summed E-state index contributed by atoms with van der Waals surface area (Å²) in [5.41, 5.74) is 1.56. The fourth-order valence-corrected chi connectivity index (χ4v) is 1.97. The van der Waals surface area contributed by atoms with Gasteiger partial charge >= 0.3 is 6.03 Å². The lowest BCUT2D eigenvalue weighted by atomic mass is 10.1. The lowest BCUT2D eigenvalue weighted by molar-refractivity contribution is 0.249. The zero-order valence-corrected chi connectivity index (χ0v) is 12.2. The molecule has 1 aromatic heterocycles. The highest BCUT2D eigenvalue weighted by molar-refractivity contribution is 6.42. The number of pyridine rings is 1. The number of hydrogen-bond donors (Lipinski definition) is 2. The number of rotatable bonds is 3. The summed E-state index contributed by atoms with van der Waals surface area (Å²) in [6.45, 7) is 1.89. The van der Waals surface area contributed by atoms with Crippen molar-refractivity contribution in [1.29, 1.82) is 0 Å². The van der Waals surface area contributed by atoms with E-state index in [9.17, 15) is 4.79 Å². The summed E-state index contributed by atoms with van der Waals surface area (Å²) in [6, 6.07) is 8.18. The van der Waals surface area contributed by atoms with Crippen molar-refractivity contribution >= 4 is 34.9 Å². The smallest absolute Gasteiger partial charge is 0.319 e. The molecule has 2 aromatic rings. The monoisotopic (exact) mass is 309 g/mol. The van der Waals surface area contributed by atoms with Crippen molar-refractivity contribution in [2.75, 3.05) is 5.32 Å². The third-order valence-corrected chi connectivity index (χ3v) is 3.47. The largest absolute Gasteiger partial charge is 0.331 e. The number of hydrogen-bond acceptors (Lipinski definition) is 2. The van der Waals surface area contributed by atoms with Gasteiger partial charge in [-0.2, -0.15) is 0 Å². The van der Waals surface area contributed by atoms with Crippen LogP contribution in [0, 0.1) is 0 Å². The number of halogens is 2. The average molecular weight is 310 g/mol. The van der Waals surface area contributed by atoms with Crippen molar-refractivity contribution in [3.05, 3.63) is 58.3 Å². The maximum Gasteiger partial charge on any atom is 0.319 e. The Morgan fingerprint density at radius 1 is 1.15 bits per heavy atom. The zero-order valence-electron chi connectivity index (χ0n) is 10.7. The molecular formula is C14H13Cl2N3O. The molecule has 1 atom stereocenters. The van der Waals surface area contributed by atoms with Crippen molar-refractivity contribution in [1.82, 2.24) is 10.3 Å². The number of anilines is 1. The van der Waals surface area contributed by atoms with Crippen molar-refractivity contribution in [3.8, 4) is 0 Å². The molecule has 20 heavy (non-hydrogen) atoms. The molecule has 0 fully saturated rings. The zero-order chi connectivity index (χ0) is 14.5. The molecule has 0 saturated heterocycles. The number of amides is 2. The van der Waals surface area contributed by atoms with Crippen molar-refractivity contribution in [3.63, 3.8) is 0 Å². The Bertz CT molecular complexity index is 605. The summed E-state index contributed by atoms with van der Waals surface area (Å²) in [5.74, 6) is 0. The Balaban J connectivity index is 1.97. The summed E-state index contributed by atoms with van der Waals surface area (Å²) in [5, 5.41) is 6.37. The second-order valence-electron chi connectivity index (χ2n) is 4.23. The third-order valence-electron chi connectivity index (χ3n) is 2.73. The second-order valence-corrected chi connectivity index (χ2v) is 5.04. The number of carbonyl (C=O) groups excluding carboxylic acids is 1. The number of nitrogens with one attached hydrogen (secondary N) is 2. The van der Waals surface area contributed by atoms with E-state index >= 15 is 0 Å². The Morgan fingerprint density at radius 3 is 2.50 bits per heavy atom.